The van der Waals surface area contributed by atoms with Gasteiger partial charge in [-0.1, -0.05) is 55.8 Å². The van der Waals surface area contributed by atoms with Crippen molar-refractivity contribution in [2.75, 3.05) is 0 Å². The first-order valence-corrected chi connectivity index (χ1v) is 10.7. The van der Waals surface area contributed by atoms with Crippen LogP contribution in [0.5, 0.6) is 0 Å². The van der Waals surface area contributed by atoms with Crippen LogP contribution >= 0.6 is 0 Å². The molecule has 2 aromatic carbocycles. The van der Waals surface area contributed by atoms with Crippen LogP contribution in [0, 0.1) is 20.7 Å². The van der Waals surface area contributed by atoms with E-state index in [1.165, 1.54) is 27.8 Å². The van der Waals surface area contributed by atoms with Crippen molar-refractivity contribution in [3.05, 3.63) is 94.9 Å². The molecular formula is C29H29N2+. The van der Waals surface area contributed by atoms with E-state index in [0.717, 1.165) is 28.2 Å². The molecule has 154 valence electrons. The molecule has 0 spiro atoms. The fourth-order valence-corrected chi connectivity index (χ4v) is 4.82. The second-order valence-corrected chi connectivity index (χ2v) is 9.18. The fraction of sp³-hybridized carbons (Fsp3) is 0.241. The topological polar surface area (TPSA) is 16.8 Å². The third kappa shape index (κ3) is 3.09. The summed E-state index contributed by atoms with van der Waals surface area (Å²) < 4.78 is 24.9. The largest absolute Gasteiger partial charge is 0.257 e. The molecule has 2 heteroatoms. The molecule has 0 radical (unpaired) electrons. The molecular weight excluding hydrogens is 376 g/mol. The number of fused-ring (bicyclic) bond motifs is 3. The zero-order valence-electron chi connectivity index (χ0n) is 21.7. The molecule has 31 heavy (non-hydrogen) atoms. The van der Waals surface area contributed by atoms with Gasteiger partial charge in [-0.25, -0.2) is 4.57 Å². The Bertz CT molecular complexity index is 1430. The maximum absolute atomic E-state index is 7.58. The molecule has 0 amide bonds. The lowest BCUT2D eigenvalue weighted by Crippen LogP contribution is -2.31. The Morgan fingerprint density at radius 2 is 1.58 bits per heavy atom. The molecule has 0 unspecified atom stereocenters. The molecule has 0 fully saturated rings. The highest BCUT2D eigenvalue weighted by atomic mass is 14.9. The van der Waals surface area contributed by atoms with Gasteiger partial charge in [0.05, 0.1) is 5.69 Å². The zero-order chi connectivity index (χ0) is 24.4. The SMILES string of the molecule is [2H]C([2H])([2H])c1ccc(-c2ccc(-c3cc4c(cc3C)-c3ccc(C)nc3C4(C)C)[n+](C)c2)cc1. The maximum atomic E-state index is 7.58. The van der Waals surface area contributed by atoms with Gasteiger partial charge in [0, 0.05) is 38.0 Å². The molecule has 0 saturated heterocycles. The second kappa shape index (κ2) is 6.88. The van der Waals surface area contributed by atoms with Crippen molar-refractivity contribution < 1.29 is 8.68 Å². The van der Waals surface area contributed by atoms with E-state index in [1.54, 1.807) is 12.1 Å². The number of aryl methyl sites for hydroxylation is 4. The molecule has 1 aliphatic rings. The van der Waals surface area contributed by atoms with Crippen LogP contribution in [0.2, 0.25) is 0 Å². The van der Waals surface area contributed by atoms with Crippen LogP contribution in [0.15, 0.2) is 66.9 Å². The van der Waals surface area contributed by atoms with Crippen LogP contribution in [0.1, 0.15) is 46.0 Å². The molecule has 1 aliphatic carbocycles. The lowest BCUT2D eigenvalue weighted by molar-refractivity contribution is -0.659. The van der Waals surface area contributed by atoms with Gasteiger partial charge in [-0.2, -0.15) is 0 Å². The van der Waals surface area contributed by atoms with Crippen molar-refractivity contribution in [3.63, 3.8) is 0 Å². The van der Waals surface area contributed by atoms with E-state index >= 15 is 0 Å². The van der Waals surface area contributed by atoms with E-state index in [9.17, 15) is 0 Å². The van der Waals surface area contributed by atoms with Crippen LogP contribution in [0.4, 0.5) is 0 Å². The first-order valence-electron chi connectivity index (χ1n) is 12.2. The molecule has 2 aromatic heterocycles. The maximum Gasteiger partial charge on any atom is 0.212 e. The summed E-state index contributed by atoms with van der Waals surface area (Å²) >= 11 is 0. The van der Waals surface area contributed by atoms with Crippen molar-refractivity contribution in [3.8, 4) is 33.5 Å². The molecule has 0 bridgehead atoms. The summed E-state index contributed by atoms with van der Waals surface area (Å²) in [6.07, 6.45) is 2.11. The van der Waals surface area contributed by atoms with E-state index in [4.69, 9.17) is 9.10 Å². The molecule has 5 rings (SSSR count). The summed E-state index contributed by atoms with van der Waals surface area (Å²) in [5.41, 5.74) is 11.9. The summed E-state index contributed by atoms with van der Waals surface area (Å²) in [4.78, 5) is 4.90. The highest BCUT2D eigenvalue weighted by molar-refractivity contribution is 5.83. The van der Waals surface area contributed by atoms with E-state index in [0.29, 0.717) is 5.56 Å². The summed E-state index contributed by atoms with van der Waals surface area (Å²) in [5, 5.41) is 0. The molecule has 0 saturated carbocycles. The highest BCUT2D eigenvalue weighted by Gasteiger charge is 2.38. The van der Waals surface area contributed by atoms with Gasteiger partial charge < -0.3 is 0 Å². The second-order valence-electron chi connectivity index (χ2n) is 9.18. The summed E-state index contributed by atoms with van der Waals surface area (Å²) in [6, 6.07) is 20.3. The van der Waals surface area contributed by atoms with Crippen LogP contribution in [0.3, 0.4) is 0 Å². The first kappa shape index (κ1) is 16.4. The van der Waals surface area contributed by atoms with Crippen LogP contribution < -0.4 is 4.57 Å². The normalized spacial score (nSPS) is 15.6. The minimum absolute atomic E-state index is 0.151. The zero-order valence-corrected chi connectivity index (χ0v) is 18.7. The summed E-state index contributed by atoms with van der Waals surface area (Å²) in [5.74, 6) is 0. The Kier molecular flexibility index (Phi) is 3.65. The molecule has 0 N–H and O–H groups in total. The summed E-state index contributed by atoms with van der Waals surface area (Å²) in [6.45, 7) is 6.65. The molecule has 2 heterocycles. The van der Waals surface area contributed by atoms with Crippen LogP contribution in [-0.4, -0.2) is 4.98 Å². The number of aromatic nitrogens is 2. The van der Waals surface area contributed by atoms with Crippen molar-refractivity contribution in [2.24, 2.45) is 7.05 Å². The lowest BCUT2D eigenvalue weighted by Gasteiger charge is -2.21. The third-order valence-electron chi connectivity index (χ3n) is 6.58. The Hall–Kier alpha value is -3.26. The molecule has 0 atom stereocenters. The standard InChI is InChI=1S/C29H29N2/c1-18-7-10-21(11-8-18)22-12-14-27(31(6)17-22)24-16-26-25(15-19(24)2)23-13-9-20(3)30-28(23)29(26,4)5/h7-17H,1-6H3/q+1/i1D3. The van der Waals surface area contributed by atoms with Gasteiger partial charge in [0.2, 0.25) is 5.69 Å². The lowest BCUT2D eigenvalue weighted by atomic mass is 9.83. The quantitative estimate of drug-likeness (QED) is 0.347. The minimum atomic E-state index is -2.08. The minimum Gasteiger partial charge on any atom is -0.257 e. The van der Waals surface area contributed by atoms with Crippen LogP contribution in [-0.2, 0) is 12.5 Å². The Labute approximate surface area is 189 Å². The Morgan fingerprint density at radius 1 is 0.839 bits per heavy atom. The average Bonchev–Trinajstić information content (AvgIpc) is 2.98. The molecule has 4 aromatic rings. The van der Waals surface area contributed by atoms with E-state index < -0.39 is 6.85 Å². The monoisotopic (exact) mass is 408 g/mol. The Morgan fingerprint density at radius 3 is 2.29 bits per heavy atom. The number of benzene rings is 2. The smallest absolute Gasteiger partial charge is 0.212 e. The number of hydrogen-bond acceptors (Lipinski definition) is 1. The summed E-state index contributed by atoms with van der Waals surface area (Å²) in [7, 11) is 2.06. The van der Waals surface area contributed by atoms with Crippen molar-refractivity contribution in [1.29, 1.82) is 0 Å². The number of pyridine rings is 2. The number of nitrogens with zero attached hydrogens (tertiary/aromatic N) is 2. The van der Waals surface area contributed by atoms with Crippen molar-refractivity contribution >= 4 is 0 Å². The van der Waals surface area contributed by atoms with Gasteiger partial charge in [0.25, 0.3) is 0 Å². The van der Waals surface area contributed by atoms with Gasteiger partial charge in [-0.05, 0) is 61.2 Å². The van der Waals surface area contributed by atoms with Gasteiger partial charge in [0.1, 0.15) is 7.05 Å². The van der Waals surface area contributed by atoms with E-state index in [-0.39, 0.29) is 5.41 Å². The molecule has 2 nitrogen and oxygen atoms in total. The van der Waals surface area contributed by atoms with E-state index in [2.05, 4.69) is 75.0 Å². The number of hydrogen-bond donors (Lipinski definition) is 0. The average molecular weight is 409 g/mol. The van der Waals surface area contributed by atoms with Crippen molar-refractivity contribution in [2.45, 2.75) is 40.0 Å². The van der Waals surface area contributed by atoms with Crippen LogP contribution in [0.25, 0.3) is 33.5 Å². The van der Waals surface area contributed by atoms with Crippen molar-refractivity contribution in [1.82, 2.24) is 4.98 Å². The molecule has 0 aliphatic heterocycles. The predicted molar refractivity (Wildman–Crippen MR) is 128 cm³/mol. The predicted octanol–water partition coefficient (Wildman–Crippen LogP) is 6.47. The first-order chi connectivity index (χ1) is 16.0. The van der Waals surface area contributed by atoms with Gasteiger partial charge in [-0.15, -0.1) is 0 Å². The highest BCUT2D eigenvalue weighted by Crippen LogP contribution is 2.49. The van der Waals surface area contributed by atoms with E-state index in [1.807, 2.05) is 19.1 Å². The van der Waals surface area contributed by atoms with Gasteiger partial charge in [-0.3, -0.25) is 4.98 Å². The third-order valence-corrected chi connectivity index (χ3v) is 6.58. The Balaban J connectivity index is 1.56. The fourth-order valence-electron chi connectivity index (χ4n) is 4.82. The van der Waals surface area contributed by atoms with Gasteiger partial charge >= 0.3 is 0 Å². The number of rotatable bonds is 2. The van der Waals surface area contributed by atoms with Gasteiger partial charge in [0.15, 0.2) is 6.20 Å².